The van der Waals surface area contributed by atoms with Crippen LogP contribution in [0.3, 0.4) is 0 Å². The van der Waals surface area contributed by atoms with Crippen LogP contribution in [-0.4, -0.2) is 10.1 Å². The van der Waals surface area contributed by atoms with Crippen molar-refractivity contribution in [1.29, 1.82) is 0 Å². The normalized spacial score (nSPS) is 15.9. The van der Waals surface area contributed by atoms with Crippen molar-refractivity contribution in [3.63, 3.8) is 0 Å². The van der Waals surface area contributed by atoms with E-state index in [1.165, 1.54) is 11.3 Å². The molecule has 1 aromatic heterocycles. The zero-order chi connectivity index (χ0) is 8.97. The van der Waals surface area contributed by atoms with Crippen molar-refractivity contribution in [2.45, 2.75) is 32.8 Å². The third kappa shape index (κ3) is 2.29. The molecule has 0 saturated carbocycles. The van der Waals surface area contributed by atoms with Crippen molar-refractivity contribution < 1.29 is 5.11 Å². The van der Waals surface area contributed by atoms with E-state index >= 15 is 0 Å². The van der Waals surface area contributed by atoms with Gasteiger partial charge >= 0.3 is 0 Å². The molecule has 0 fully saturated rings. The van der Waals surface area contributed by atoms with Gasteiger partial charge in [0.2, 0.25) is 0 Å². The quantitative estimate of drug-likeness (QED) is 0.782. The second-order valence-corrected chi connectivity index (χ2v) is 3.84. The lowest BCUT2D eigenvalue weighted by Gasteiger charge is -2.15. The van der Waals surface area contributed by atoms with E-state index in [1.54, 1.807) is 5.51 Å². The van der Waals surface area contributed by atoms with E-state index in [-0.39, 0.29) is 6.10 Å². The molecule has 1 N–H and O–H groups in total. The van der Waals surface area contributed by atoms with Crippen LogP contribution in [0.15, 0.2) is 10.9 Å². The first-order valence-electron chi connectivity index (χ1n) is 4.31. The van der Waals surface area contributed by atoms with Crippen LogP contribution in [0.4, 0.5) is 0 Å². The number of hydrogen-bond donors (Lipinski definition) is 1. The lowest BCUT2D eigenvalue weighted by Crippen LogP contribution is -2.08. The van der Waals surface area contributed by atoms with Gasteiger partial charge in [-0.1, -0.05) is 20.3 Å². The molecule has 2 atom stereocenters. The number of aliphatic hydroxyl groups is 1. The van der Waals surface area contributed by atoms with Gasteiger partial charge in [-0.15, -0.1) is 11.3 Å². The van der Waals surface area contributed by atoms with Crippen molar-refractivity contribution in [3.8, 4) is 0 Å². The maximum absolute atomic E-state index is 9.75. The molecule has 2 nitrogen and oxygen atoms in total. The van der Waals surface area contributed by atoms with Gasteiger partial charge in [0.05, 0.1) is 17.3 Å². The highest BCUT2D eigenvalue weighted by molar-refractivity contribution is 7.07. The van der Waals surface area contributed by atoms with Crippen LogP contribution in [0.25, 0.3) is 0 Å². The van der Waals surface area contributed by atoms with Crippen LogP contribution < -0.4 is 0 Å². The van der Waals surface area contributed by atoms with Crippen molar-refractivity contribution in [2.75, 3.05) is 0 Å². The topological polar surface area (TPSA) is 33.1 Å². The molecule has 0 bridgehead atoms. The minimum absolute atomic E-state index is 0.317. The van der Waals surface area contributed by atoms with E-state index in [0.717, 1.165) is 18.5 Å². The SMILES string of the molecule is CCCC(C)C(O)c1cscn1. The molecule has 68 valence electrons. The molecular weight excluding hydrogens is 170 g/mol. The molecule has 2 unspecified atom stereocenters. The molecule has 0 radical (unpaired) electrons. The van der Waals surface area contributed by atoms with E-state index < -0.39 is 0 Å². The standard InChI is InChI=1S/C9H15NOS/c1-3-4-7(2)9(11)8-5-12-6-10-8/h5-7,9,11H,3-4H2,1-2H3. The number of nitrogens with zero attached hydrogens (tertiary/aromatic N) is 1. The summed E-state index contributed by atoms with van der Waals surface area (Å²) in [5, 5.41) is 11.7. The van der Waals surface area contributed by atoms with Crippen LogP contribution in [0.2, 0.25) is 0 Å². The van der Waals surface area contributed by atoms with Gasteiger partial charge in [0.1, 0.15) is 0 Å². The molecule has 3 heteroatoms. The first kappa shape index (κ1) is 9.68. The van der Waals surface area contributed by atoms with Crippen LogP contribution in [0, 0.1) is 5.92 Å². The van der Waals surface area contributed by atoms with Crippen LogP contribution in [-0.2, 0) is 0 Å². The van der Waals surface area contributed by atoms with Gasteiger partial charge in [-0.05, 0) is 12.3 Å². The van der Waals surface area contributed by atoms with E-state index in [2.05, 4.69) is 18.8 Å². The van der Waals surface area contributed by atoms with Gasteiger partial charge in [0.15, 0.2) is 0 Å². The largest absolute Gasteiger partial charge is 0.386 e. The average molecular weight is 185 g/mol. The molecule has 0 spiro atoms. The van der Waals surface area contributed by atoms with E-state index in [1.807, 2.05) is 5.38 Å². The average Bonchev–Trinajstić information content (AvgIpc) is 2.55. The lowest BCUT2D eigenvalue weighted by atomic mass is 9.98. The third-order valence-electron chi connectivity index (χ3n) is 2.04. The molecule has 0 saturated heterocycles. The van der Waals surface area contributed by atoms with Gasteiger partial charge in [-0.3, -0.25) is 0 Å². The van der Waals surface area contributed by atoms with Crippen molar-refractivity contribution in [3.05, 3.63) is 16.6 Å². The molecule has 0 aliphatic heterocycles. The number of hydrogen-bond acceptors (Lipinski definition) is 3. The fraction of sp³-hybridized carbons (Fsp3) is 0.667. The first-order valence-corrected chi connectivity index (χ1v) is 5.26. The van der Waals surface area contributed by atoms with Gasteiger partial charge < -0.3 is 5.11 Å². The Balaban J connectivity index is 2.53. The second-order valence-electron chi connectivity index (χ2n) is 3.12. The van der Waals surface area contributed by atoms with E-state index in [0.29, 0.717) is 5.92 Å². The highest BCUT2D eigenvalue weighted by Crippen LogP contribution is 2.24. The summed E-state index contributed by atoms with van der Waals surface area (Å²) >= 11 is 1.53. The Morgan fingerprint density at radius 1 is 1.67 bits per heavy atom. The van der Waals surface area contributed by atoms with Gasteiger partial charge in [-0.25, -0.2) is 4.98 Å². The summed E-state index contributed by atoms with van der Waals surface area (Å²) in [5.41, 5.74) is 2.58. The number of aromatic nitrogens is 1. The molecule has 0 aliphatic rings. The highest BCUT2D eigenvalue weighted by Gasteiger charge is 2.16. The van der Waals surface area contributed by atoms with Crippen LogP contribution in [0.1, 0.15) is 38.5 Å². The number of rotatable bonds is 4. The monoisotopic (exact) mass is 185 g/mol. The Labute approximate surface area is 77.3 Å². The summed E-state index contributed by atoms with van der Waals surface area (Å²) in [7, 11) is 0. The zero-order valence-corrected chi connectivity index (χ0v) is 8.34. The predicted octanol–water partition coefficient (Wildman–Crippen LogP) is 2.61. The fourth-order valence-electron chi connectivity index (χ4n) is 1.27. The summed E-state index contributed by atoms with van der Waals surface area (Å²) in [6.07, 6.45) is 1.79. The Hall–Kier alpha value is -0.410. The van der Waals surface area contributed by atoms with Gasteiger partial charge in [0.25, 0.3) is 0 Å². The molecule has 0 amide bonds. The Bertz CT molecular complexity index is 210. The second kappa shape index (κ2) is 4.58. The predicted molar refractivity (Wildman–Crippen MR) is 51.1 cm³/mol. The van der Waals surface area contributed by atoms with Crippen LogP contribution in [0.5, 0.6) is 0 Å². The fourth-order valence-corrected chi connectivity index (χ4v) is 1.86. The molecule has 1 rings (SSSR count). The lowest BCUT2D eigenvalue weighted by molar-refractivity contribution is 0.109. The summed E-state index contributed by atoms with van der Waals surface area (Å²) < 4.78 is 0. The number of aliphatic hydroxyl groups excluding tert-OH is 1. The Morgan fingerprint density at radius 3 is 2.92 bits per heavy atom. The molecule has 0 aliphatic carbocycles. The van der Waals surface area contributed by atoms with Crippen molar-refractivity contribution >= 4 is 11.3 Å². The summed E-state index contributed by atoms with van der Waals surface area (Å²) in [6.45, 7) is 4.19. The molecule has 1 heterocycles. The summed E-state index contributed by atoms with van der Waals surface area (Å²) in [5.74, 6) is 0.317. The van der Waals surface area contributed by atoms with E-state index in [4.69, 9.17) is 0 Å². The minimum Gasteiger partial charge on any atom is -0.386 e. The van der Waals surface area contributed by atoms with Crippen molar-refractivity contribution in [1.82, 2.24) is 4.98 Å². The Morgan fingerprint density at radius 2 is 2.42 bits per heavy atom. The molecule has 1 aromatic rings. The van der Waals surface area contributed by atoms with Gasteiger partial charge in [-0.2, -0.15) is 0 Å². The highest BCUT2D eigenvalue weighted by atomic mass is 32.1. The van der Waals surface area contributed by atoms with Gasteiger partial charge in [0, 0.05) is 5.38 Å². The van der Waals surface area contributed by atoms with Crippen LogP contribution >= 0.6 is 11.3 Å². The minimum atomic E-state index is -0.379. The zero-order valence-electron chi connectivity index (χ0n) is 7.53. The Kier molecular flexibility index (Phi) is 3.69. The smallest absolute Gasteiger partial charge is 0.0993 e. The maximum atomic E-state index is 9.75. The summed E-state index contributed by atoms with van der Waals surface area (Å²) in [4.78, 5) is 4.09. The maximum Gasteiger partial charge on any atom is 0.0993 e. The first-order chi connectivity index (χ1) is 5.75. The molecular formula is C9H15NOS. The summed E-state index contributed by atoms with van der Waals surface area (Å²) in [6, 6.07) is 0. The third-order valence-corrected chi connectivity index (χ3v) is 2.64. The molecule has 12 heavy (non-hydrogen) atoms. The number of thiazole rings is 1. The van der Waals surface area contributed by atoms with E-state index in [9.17, 15) is 5.11 Å². The van der Waals surface area contributed by atoms with Crippen molar-refractivity contribution in [2.24, 2.45) is 5.92 Å². The molecule has 0 aromatic carbocycles.